The van der Waals surface area contributed by atoms with Gasteiger partial charge in [0.1, 0.15) is 5.75 Å². The van der Waals surface area contributed by atoms with Crippen molar-refractivity contribution in [3.8, 4) is 5.75 Å². The Morgan fingerprint density at radius 2 is 2.16 bits per heavy atom. The Labute approximate surface area is 125 Å². The maximum atomic E-state index is 12.3. The maximum Gasteiger partial charge on any atom is 0.387 e. The van der Waals surface area contributed by atoms with E-state index in [-0.39, 0.29) is 5.75 Å². The van der Waals surface area contributed by atoms with E-state index in [4.69, 9.17) is 0 Å². The summed E-state index contributed by atoms with van der Waals surface area (Å²) in [5.41, 5.74) is 0.727. The van der Waals surface area contributed by atoms with Gasteiger partial charge in [-0.25, -0.2) is 0 Å². The van der Waals surface area contributed by atoms with E-state index >= 15 is 0 Å². The van der Waals surface area contributed by atoms with Crippen LogP contribution in [0.5, 0.6) is 5.75 Å². The van der Waals surface area contributed by atoms with Crippen molar-refractivity contribution in [1.82, 2.24) is 5.32 Å². The minimum Gasteiger partial charge on any atom is -0.434 e. The molecule has 2 nitrogen and oxygen atoms in total. The molecule has 1 N–H and O–H groups in total. The molecule has 0 spiro atoms. The molecule has 0 aliphatic rings. The molecule has 0 aliphatic carbocycles. The fraction of sp³-hybridized carbons (Fsp3) is 0.538. The summed E-state index contributed by atoms with van der Waals surface area (Å²) in [7, 11) is 0. The lowest BCUT2D eigenvalue weighted by molar-refractivity contribution is -0.0505. The molecule has 0 amide bonds. The molecule has 108 valence electrons. The molecule has 1 aromatic rings. The first kappa shape index (κ1) is 16.7. The van der Waals surface area contributed by atoms with Gasteiger partial charge in [-0.15, -0.1) is 0 Å². The van der Waals surface area contributed by atoms with Gasteiger partial charge < -0.3 is 10.1 Å². The minimum atomic E-state index is -2.80. The highest BCUT2D eigenvalue weighted by Crippen LogP contribution is 2.24. The van der Waals surface area contributed by atoms with Crippen LogP contribution in [0.25, 0.3) is 0 Å². The van der Waals surface area contributed by atoms with E-state index in [0.717, 1.165) is 22.2 Å². The van der Waals surface area contributed by atoms with Gasteiger partial charge in [0, 0.05) is 22.6 Å². The van der Waals surface area contributed by atoms with Gasteiger partial charge in [-0.05, 0) is 43.6 Å². The standard InChI is InChI=1S/C13H18BrF2NOS/c1-9(5-6-19-2)17-8-10-7-11(14)3-4-12(10)18-13(15)16/h3-4,7,9,13,17H,5-6,8H2,1-2H3. The van der Waals surface area contributed by atoms with Gasteiger partial charge in [0.05, 0.1) is 0 Å². The number of rotatable bonds is 8. The Morgan fingerprint density at radius 3 is 2.79 bits per heavy atom. The first-order chi connectivity index (χ1) is 9.02. The third-order valence-corrected chi connectivity index (χ3v) is 3.77. The molecule has 19 heavy (non-hydrogen) atoms. The lowest BCUT2D eigenvalue weighted by atomic mass is 10.2. The number of hydrogen-bond donors (Lipinski definition) is 1. The summed E-state index contributed by atoms with van der Waals surface area (Å²) in [6.45, 7) is -0.201. The van der Waals surface area contributed by atoms with Crippen LogP contribution in [-0.2, 0) is 6.54 Å². The highest BCUT2D eigenvalue weighted by atomic mass is 79.9. The predicted molar refractivity (Wildman–Crippen MR) is 80.1 cm³/mol. The van der Waals surface area contributed by atoms with Crippen LogP contribution < -0.4 is 10.1 Å². The number of ether oxygens (including phenoxy) is 1. The highest BCUT2D eigenvalue weighted by molar-refractivity contribution is 9.10. The summed E-state index contributed by atoms with van der Waals surface area (Å²) in [6.07, 6.45) is 3.11. The van der Waals surface area contributed by atoms with Crippen molar-refractivity contribution in [2.75, 3.05) is 12.0 Å². The number of alkyl halides is 2. The second-order valence-electron chi connectivity index (χ2n) is 4.19. The van der Waals surface area contributed by atoms with Crippen LogP contribution in [0.15, 0.2) is 22.7 Å². The Balaban J connectivity index is 2.62. The van der Waals surface area contributed by atoms with Crippen LogP contribution in [0.2, 0.25) is 0 Å². The molecule has 0 aromatic heterocycles. The summed E-state index contributed by atoms with van der Waals surface area (Å²) >= 11 is 5.13. The molecule has 0 fully saturated rings. The second kappa shape index (κ2) is 8.76. The molecule has 1 unspecified atom stereocenters. The molecule has 0 bridgehead atoms. The molecular formula is C13H18BrF2NOS. The molecular weight excluding hydrogens is 336 g/mol. The summed E-state index contributed by atoms with van der Waals surface area (Å²) in [5, 5.41) is 3.32. The molecule has 1 atom stereocenters. The lowest BCUT2D eigenvalue weighted by Gasteiger charge is -2.16. The van der Waals surface area contributed by atoms with Gasteiger partial charge in [0.15, 0.2) is 0 Å². The third kappa shape index (κ3) is 6.58. The summed E-state index contributed by atoms with van der Waals surface area (Å²) in [6, 6.07) is 5.38. The van der Waals surface area contributed by atoms with E-state index in [1.54, 1.807) is 30.0 Å². The molecule has 0 radical (unpaired) electrons. The number of hydrogen-bond acceptors (Lipinski definition) is 3. The van der Waals surface area contributed by atoms with Crippen LogP contribution in [0.4, 0.5) is 8.78 Å². The van der Waals surface area contributed by atoms with Crippen molar-refractivity contribution in [2.45, 2.75) is 32.5 Å². The maximum absolute atomic E-state index is 12.3. The summed E-state index contributed by atoms with van der Waals surface area (Å²) in [5.74, 6) is 1.30. The van der Waals surface area contributed by atoms with Crippen LogP contribution >= 0.6 is 27.7 Å². The SMILES string of the molecule is CSCCC(C)NCc1cc(Br)ccc1OC(F)F. The lowest BCUT2D eigenvalue weighted by Crippen LogP contribution is -2.26. The number of thioether (sulfide) groups is 1. The largest absolute Gasteiger partial charge is 0.434 e. The first-order valence-corrected chi connectivity index (χ1v) is 8.17. The Hall–Kier alpha value is -0.330. The Morgan fingerprint density at radius 1 is 1.42 bits per heavy atom. The van der Waals surface area contributed by atoms with E-state index < -0.39 is 6.61 Å². The second-order valence-corrected chi connectivity index (χ2v) is 6.10. The monoisotopic (exact) mass is 353 g/mol. The van der Waals surface area contributed by atoms with Crippen molar-refractivity contribution in [3.05, 3.63) is 28.2 Å². The number of nitrogens with one attached hydrogen (secondary N) is 1. The third-order valence-electron chi connectivity index (χ3n) is 2.63. The van der Waals surface area contributed by atoms with Crippen molar-refractivity contribution in [2.24, 2.45) is 0 Å². The topological polar surface area (TPSA) is 21.3 Å². The van der Waals surface area contributed by atoms with E-state index in [2.05, 4.69) is 39.2 Å². The highest BCUT2D eigenvalue weighted by Gasteiger charge is 2.11. The van der Waals surface area contributed by atoms with Crippen molar-refractivity contribution in [1.29, 1.82) is 0 Å². The number of halogens is 3. The van der Waals surface area contributed by atoms with E-state index in [1.165, 1.54) is 0 Å². The zero-order chi connectivity index (χ0) is 14.3. The van der Waals surface area contributed by atoms with Crippen LogP contribution in [-0.4, -0.2) is 24.7 Å². The molecule has 1 rings (SSSR count). The first-order valence-electron chi connectivity index (χ1n) is 5.98. The van der Waals surface area contributed by atoms with Gasteiger partial charge in [-0.3, -0.25) is 0 Å². The van der Waals surface area contributed by atoms with Gasteiger partial charge in [-0.2, -0.15) is 20.5 Å². The van der Waals surface area contributed by atoms with E-state index in [9.17, 15) is 8.78 Å². The fourth-order valence-corrected chi connectivity index (χ4v) is 2.58. The molecule has 0 aliphatic heterocycles. The average molecular weight is 354 g/mol. The van der Waals surface area contributed by atoms with Gasteiger partial charge >= 0.3 is 6.61 Å². The molecule has 1 aromatic carbocycles. The normalized spacial score (nSPS) is 12.7. The predicted octanol–water partition coefficient (Wildman–Crippen LogP) is 4.28. The quantitative estimate of drug-likeness (QED) is 0.753. The average Bonchev–Trinajstić information content (AvgIpc) is 2.36. The van der Waals surface area contributed by atoms with Crippen molar-refractivity contribution < 1.29 is 13.5 Å². The zero-order valence-electron chi connectivity index (χ0n) is 11.0. The molecule has 0 heterocycles. The van der Waals surface area contributed by atoms with Crippen LogP contribution in [0.1, 0.15) is 18.9 Å². The van der Waals surface area contributed by atoms with Crippen molar-refractivity contribution >= 4 is 27.7 Å². The number of benzene rings is 1. The van der Waals surface area contributed by atoms with Crippen molar-refractivity contribution in [3.63, 3.8) is 0 Å². The van der Waals surface area contributed by atoms with Gasteiger partial charge in [-0.1, -0.05) is 15.9 Å². The van der Waals surface area contributed by atoms with Crippen LogP contribution in [0.3, 0.4) is 0 Å². The molecule has 0 saturated carbocycles. The minimum absolute atomic E-state index is 0.225. The summed E-state index contributed by atoms with van der Waals surface area (Å²) < 4.78 is 30.0. The fourth-order valence-electron chi connectivity index (χ4n) is 1.58. The molecule has 6 heteroatoms. The zero-order valence-corrected chi connectivity index (χ0v) is 13.4. The molecule has 0 saturated heterocycles. The summed E-state index contributed by atoms with van der Waals surface area (Å²) in [4.78, 5) is 0. The van der Waals surface area contributed by atoms with E-state index in [1.807, 2.05) is 0 Å². The van der Waals surface area contributed by atoms with Gasteiger partial charge in [0.25, 0.3) is 0 Å². The Bertz CT molecular complexity index is 393. The smallest absolute Gasteiger partial charge is 0.387 e. The van der Waals surface area contributed by atoms with E-state index in [0.29, 0.717) is 12.6 Å². The van der Waals surface area contributed by atoms with Crippen LogP contribution in [0, 0.1) is 0 Å². The van der Waals surface area contributed by atoms with Gasteiger partial charge in [0.2, 0.25) is 0 Å². The Kier molecular flexibility index (Phi) is 7.71.